The molecule has 0 spiro atoms. The third-order valence-corrected chi connectivity index (χ3v) is 5.90. The van der Waals surface area contributed by atoms with Crippen molar-refractivity contribution in [2.45, 2.75) is 65.5 Å². The molecule has 0 radical (unpaired) electrons. The molecule has 23 heavy (non-hydrogen) atoms. The van der Waals surface area contributed by atoms with Crippen LogP contribution in [0.3, 0.4) is 0 Å². The Kier molecular flexibility index (Phi) is 4.22. The summed E-state index contributed by atoms with van der Waals surface area (Å²) in [7, 11) is 0. The molecule has 2 aliphatic rings. The minimum atomic E-state index is -0.417. The van der Waals surface area contributed by atoms with Crippen molar-refractivity contribution in [1.82, 2.24) is 4.90 Å². The van der Waals surface area contributed by atoms with Crippen LogP contribution in [0.2, 0.25) is 0 Å². The largest absolute Gasteiger partial charge is 0.399 e. The van der Waals surface area contributed by atoms with Crippen LogP contribution in [0.4, 0.5) is 5.69 Å². The second-order valence-corrected chi connectivity index (χ2v) is 9.10. The number of fused-ring (bicyclic) bond motifs is 2. The van der Waals surface area contributed by atoms with Crippen molar-refractivity contribution >= 4 is 5.69 Å². The van der Waals surface area contributed by atoms with Gasteiger partial charge in [0.2, 0.25) is 0 Å². The Labute approximate surface area is 140 Å². The van der Waals surface area contributed by atoms with Gasteiger partial charge < -0.3 is 10.8 Å². The molecule has 1 aliphatic heterocycles. The number of nitrogens with two attached hydrogens (primary N) is 1. The van der Waals surface area contributed by atoms with E-state index < -0.39 is 6.10 Å². The molecule has 3 unspecified atom stereocenters. The predicted octanol–water partition coefficient (Wildman–Crippen LogP) is 3.90. The molecule has 1 saturated carbocycles. The topological polar surface area (TPSA) is 49.5 Å². The van der Waals surface area contributed by atoms with E-state index in [-0.39, 0.29) is 0 Å². The van der Waals surface area contributed by atoms with Crippen LogP contribution in [-0.2, 0) is 0 Å². The molecule has 2 fully saturated rings. The van der Waals surface area contributed by atoms with Gasteiger partial charge in [-0.1, -0.05) is 32.9 Å². The molecule has 2 bridgehead atoms. The smallest absolute Gasteiger partial charge is 0.0803 e. The summed E-state index contributed by atoms with van der Waals surface area (Å²) < 4.78 is 0. The summed E-state index contributed by atoms with van der Waals surface area (Å²) in [4.78, 5) is 2.62. The number of anilines is 1. The van der Waals surface area contributed by atoms with E-state index in [2.05, 4.69) is 25.7 Å². The number of aliphatic hydroxyl groups excluding tert-OH is 1. The second kappa shape index (κ2) is 5.78. The number of nitrogen functional groups attached to an aromatic ring is 1. The fraction of sp³-hybridized carbons (Fsp3) is 0.700. The van der Waals surface area contributed by atoms with E-state index in [1.54, 1.807) is 0 Å². The predicted molar refractivity (Wildman–Crippen MR) is 96.3 cm³/mol. The molecule has 0 amide bonds. The van der Waals surface area contributed by atoms with Crippen molar-refractivity contribution in [3.63, 3.8) is 0 Å². The Bertz CT molecular complexity index is 583. The highest BCUT2D eigenvalue weighted by molar-refractivity contribution is 5.48. The SMILES string of the molecule is Cc1ccc(C(O)CCN2CC3(C)CC2CC(C)(C)C3)cc1N. The molecule has 3 rings (SSSR count). The molecule has 1 aliphatic carbocycles. The zero-order chi connectivity index (χ0) is 16.8. The molecule has 128 valence electrons. The zero-order valence-corrected chi connectivity index (χ0v) is 15.1. The third kappa shape index (κ3) is 3.56. The Morgan fingerprint density at radius 2 is 2.04 bits per heavy atom. The van der Waals surface area contributed by atoms with E-state index in [9.17, 15) is 5.11 Å². The minimum Gasteiger partial charge on any atom is -0.399 e. The molecule has 0 aromatic heterocycles. The van der Waals surface area contributed by atoms with Crippen LogP contribution >= 0.6 is 0 Å². The summed E-state index contributed by atoms with van der Waals surface area (Å²) in [6.45, 7) is 11.4. The highest BCUT2D eigenvalue weighted by Crippen LogP contribution is 2.52. The van der Waals surface area contributed by atoms with E-state index in [0.717, 1.165) is 29.8 Å². The summed E-state index contributed by atoms with van der Waals surface area (Å²) in [5, 5.41) is 10.5. The molecule has 1 heterocycles. The lowest BCUT2D eigenvalue weighted by molar-refractivity contribution is 0.116. The average Bonchev–Trinajstić information content (AvgIpc) is 2.67. The van der Waals surface area contributed by atoms with Crippen LogP contribution in [0.15, 0.2) is 18.2 Å². The van der Waals surface area contributed by atoms with E-state index >= 15 is 0 Å². The highest BCUT2D eigenvalue weighted by atomic mass is 16.3. The van der Waals surface area contributed by atoms with Crippen molar-refractivity contribution in [3.05, 3.63) is 29.3 Å². The fourth-order valence-corrected chi connectivity index (χ4v) is 5.16. The first kappa shape index (κ1) is 16.8. The first-order valence-corrected chi connectivity index (χ1v) is 8.96. The van der Waals surface area contributed by atoms with Gasteiger partial charge in [-0.25, -0.2) is 0 Å². The summed E-state index contributed by atoms with van der Waals surface area (Å²) in [5.41, 5.74) is 9.68. The third-order valence-electron chi connectivity index (χ3n) is 5.90. The van der Waals surface area contributed by atoms with E-state index in [0.29, 0.717) is 16.9 Å². The van der Waals surface area contributed by atoms with Crippen LogP contribution in [0.25, 0.3) is 0 Å². The molecular formula is C20H32N2O. The quantitative estimate of drug-likeness (QED) is 0.828. The van der Waals surface area contributed by atoms with E-state index in [1.165, 1.54) is 25.8 Å². The lowest BCUT2D eigenvalue weighted by atomic mass is 9.65. The lowest BCUT2D eigenvalue weighted by Gasteiger charge is -2.40. The Morgan fingerprint density at radius 3 is 2.74 bits per heavy atom. The number of benzene rings is 1. The van der Waals surface area contributed by atoms with Crippen LogP contribution in [0.1, 0.15) is 63.7 Å². The van der Waals surface area contributed by atoms with Gasteiger partial charge in [0.25, 0.3) is 0 Å². The fourth-order valence-electron chi connectivity index (χ4n) is 5.16. The molecule has 3 N–H and O–H groups in total. The molecule has 3 nitrogen and oxygen atoms in total. The van der Waals surface area contributed by atoms with E-state index in [1.807, 2.05) is 25.1 Å². The molecule has 1 aromatic rings. The van der Waals surface area contributed by atoms with Gasteiger partial charge in [0.05, 0.1) is 6.10 Å². The number of nitrogens with zero attached hydrogens (tertiary/aromatic N) is 1. The molecule has 1 saturated heterocycles. The summed E-state index contributed by atoms with van der Waals surface area (Å²) in [6.07, 6.45) is 4.30. The van der Waals surface area contributed by atoms with Crippen LogP contribution in [-0.4, -0.2) is 29.1 Å². The Morgan fingerprint density at radius 1 is 1.30 bits per heavy atom. The normalized spacial score (nSPS) is 31.3. The van der Waals surface area contributed by atoms with Gasteiger partial charge in [0.1, 0.15) is 0 Å². The number of aryl methyl sites for hydroxylation is 1. The molecular weight excluding hydrogens is 284 g/mol. The van der Waals surface area contributed by atoms with Crippen molar-refractivity contribution in [2.75, 3.05) is 18.8 Å². The first-order chi connectivity index (χ1) is 10.7. The average molecular weight is 316 g/mol. The highest BCUT2D eigenvalue weighted by Gasteiger charge is 2.49. The number of hydrogen-bond donors (Lipinski definition) is 2. The van der Waals surface area contributed by atoms with Gasteiger partial charge in [-0.05, 0) is 60.6 Å². The monoisotopic (exact) mass is 316 g/mol. The maximum atomic E-state index is 10.5. The Hall–Kier alpha value is -1.06. The van der Waals surface area contributed by atoms with Crippen molar-refractivity contribution < 1.29 is 5.11 Å². The number of aliphatic hydroxyl groups is 1. The van der Waals surface area contributed by atoms with Gasteiger partial charge in [-0.3, -0.25) is 4.90 Å². The van der Waals surface area contributed by atoms with Gasteiger partial charge in [0, 0.05) is 24.8 Å². The standard InChI is InChI=1S/C20H32N2O/c1-14-5-6-15(9-17(14)21)18(23)7-8-22-13-20(4)11-16(22)10-19(2,3)12-20/h5-6,9,16,18,23H,7-8,10-13,21H2,1-4H3. The lowest BCUT2D eigenvalue weighted by Crippen LogP contribution is -2.35. The molecule has 3 heteroatoms. The summed E-state index contributed by atoms with van der Waals surface area (Å²) in [5.74, 6) is 0. The van der Waals surface area contributed by atoms with Gasteiger partial charge in [-0.2, -0.15) is 0 Å². The minimum absolute atomic E-state index is 0.417. The van der Waals surface area contributed by atoms with Gasteiger partial charge in [0.15, 0.2) is 0 Å². The van der Waals surface area contributed by atoms with Gasteiger partial charge >= 0.3 is 0 Å². The molecule has 3 atom stereocenters. The van der Waals surface area contributed by atoms with Crippen LogP contribution < -0.4 is 5.73 Å². The van der Waals surface area contributed by atoms with E-state index in [4.69, 9.17) is 5.73 Å². The zero-order valence-electron chi connectivity index (χ0n) is 15.1. The van der Waals surface area contributed by atoms with Gasteiger partial charge in [-0.15, -0.1) is 0 Å². The van der Waals surface area contributed by atoms with Crippen LogP contribution in [0.5, 0.6) is 0 Å². The first-order valence-electron chi connectivity index (χ1n) is 8.96. The second-order valence-electron chi connectivity index (χ2n) is 9.10. The van der Waals surface area contributed by atoms with Crippen molar-refractivity contribution in [3.8, 4) is 0 Å². The van der Waals surface area contributed by atoms with Crippen LogP contribution in [0, 0.1) is 17.8 Å². The summed E-state index contributed by atoms with van der Waals surface area (Å²) in [6, 6.07) is 6.62. The number of likely N-dealkylation sites (tertiary alicyclic amines) is 1. The maximum absolute atomic E-state index is 10.5. The number of rotatable bonds is 4. The van der Waals surface area contributed by atoms with Crippen molar-refractivity contribution in [2.24, 2.45) is 10.8 Å². The van der Waals surface area contributed by atoms with Crippen molar-refractivity contribution in [1.29, 1.82) is 0 Å². The number of hydrogen-bond acceptors (Lipinski definition) is 3. The molecule has 1 aromatic carbocycles. The summed E-state index contributed by atoms with van der Waals surface area (Å²) >= 11 is 0. The maximum Gasteiger partial charge on any atom is 0.0803 e. The Balaban J connectivity index is 1.61.